The third-order valence-corrected chi connectivity index (χ3v) is 1.88. The van der Waals surface area contributed by atoms with E-state index in [-0.39, 0.29) is 5.91 Å². The Morgan fingerprint density at radius 2 is 1.89 bits per heavy atom. The number of hydrogen-bond donors (Lipinski definition) is 1. The highest BCUT2D eigenvalue weighted by atomic mass is 16.2. The second-order valence-corrected chi connectivity index (χ2v) is 3.81. The van der Waals surface area contributed by atoms with Crippen molar-refractivity contribution in [2.24, 2.45) is 5.10 Å². The number of hydrogen-bond acceptors (Lipinski definition) is 2. The number of nitrogens with one attached hydrogen (secondary N) is 1. The number of allylic oxidation sites excluding steroid dienone is 7. The molecule has 19 heavy (non-hydrogen) atoms. The molecule has 0 radical (unpaired) electrons. The minimum atomic E-state index is -0.300. The summed E-state index contributed by atoms with van der Waals surface area (Å²) in [5.41, 5.74) is 4.49. The van der Waals surface area contributed by atoms with E-state index in [9.17, 15) is 4.79 Å². The molecule has 0 rings (SSSR count). The molecule has 0 atom stereocenters. The Morgan fingerprint density at radius 3 is 2.42 bits per heavy atom. The third kappa shape index (κ3) is 8.32. The molecule has 0 fully saturated rings. The second kappa shape index (κ2) is 9.59. The number of rotatable bonds is 7. The first-order valence-corrected chi connectivity index (χ1v) is 5.82. The minimum absolute atomic E-state index is 0.300. The first-order chi connectivity index (χ1) is 9.01. The quantitative estimate of drug-likeness (QED) is 0.322. The molecule has 0 spiro atoms. The summed E-state index contributed by atoms with van der Waals surface area (Å²) < 4.78 is 0. The van der Waals surface area contributed by atoms with E-state index >= 15 is 0 Å². The average Bonchev–Trinajstić information content (AvgIpc) is 2.36. The van der Waals surface area contributed by atoms with E-state index < -0.39 is 0 Å². The summed E-state index contributed by atoms with van der Waals surface area (Å²) >= 11 is 0. The van der Waals surface area contributed by atoms with Gasteiger partial charge in [-0.3, -0.25) is 4.79 Å². The van der Waals surface area contributed by atoms with Crippen molar-refractivity contribution in [3.05, 3.63) is 72.9 Å². The number of hydrazone groups is 1. The molecule has 3 nitrogen and oxygen atoms in total. The van der Waals surface area contributed by atoms with Gasteiger partial charge >= 0.3 is 0 Å². The molecule has 0 aromatic heterocycles. The van der Waals surface area contributed by atoms with Gasteiger partial charge in [-0.25, -0.2) is 5.43 Å². The molecule has 1 N–H and O–H groups in total. The summed E-state index contributed by atoms with van der Waals surface area (Å²) in [4.78, 5) is 11.7. The minimum Gasteiger partial charge on any atom is -0.267 e. The van der Waals surface area contributed by atoms with Crippen molar-refractivity contribution in [2.45, 2.75) is 13.8 Å². The van der Waals surface area contributed by atoms with E-state index in [1.165, 1.54) is 6.21 Å². The smallest absolute Gasteiger partial charge is 0.267 e. The van der Waals surface area contributed by atoms with Crippen molar-refractivity contribution in [1.29, 1.82) is 0 Å². The van der Waals surface area contributed by atoms with Gasteiger partial charge in [-0.2, -0.15) is 5.10 Å². The van der Waals surface area contributed by atoms with Crippen LogP contribution in [0.4, 0.5) is 0 Å². The van der Waals surface area contributed by atoms with E-state index in [1.54, 1.807) is 30.4 Å². The second-order valence-electron chi connectivity index (χ2n) is 3.81. The fourth-order valence-electron chi connectivity index (χ4n) is 1.04. The predicted octanol–water partition coefficient (Wildman–Crippen LogP) is 3.47. The molecule has 0 unspecified atom stereocenters. The summed E-state index contributed by atoms with van der Waals surface area (Å²) in [7, 11) is 0. The van der Waals surface area contributed by atoms with E-state index in [0.717, 1.165) is 5.57 Å². The van der Waals surface area contributed by atoms with Crippen LogP contribution in [0.5, 0.6) is 0 Å². The Bertz CT molecular complexity index is 477. The molecule has 0 aliphatic heterocycles. The predicted molar refractivity (Wildman–Crippen MR) is 82.8 cm³/mol. The van der Waals surface area contributed by atoms with Crippen LogP contribution < -0.4 is 5.43 Å². The van der Waals surface area contributed by atoms with Crippen LogP contribution in [-0.4, -0.2) is 12.1 Å². The zero-order valence-corrected chi connectivity index (χ0v) is 11.5. The summed E-state index contributed by atoms with van der Waals surface area (Å²) in [5, 5.41) is 3.82. The molecule has 0 bridgehead atoms. The lowest BCUT2D eigenvalue weighted by molar-refractivity contribution is -0.117. The SMILES string of the molecule is C=C/C=C(\C=C/C)C(=O)N/N=C/C(=C)/C=C\C(=C)C. The van der Waals surface area contributed by atoms with Gasteiger partial charge < -0.3 is 0 Å². The number of amides is 1. The summed E-state index contributed by atoms with van der Waals surface area (Å²) in [6, 6.07) is 0. The van der Waals surface area contributed by atoms with Crippen molar-refractivity contribution >= 4 is 12.1 Å². The first-order valence-electron chi connectivity index (χ1n) is 5.82. The van der Waals surface area contributed by atoms with Gasteiger partial charge in [0.25, 0.3) is 5.91 Å². The van der Waals surface area contributed by atoms with Crippen LogP contribution in [0, 0.1) is 0 Å². The van der Waals surface area contributed by atoms with Crippen LogP contribution in [0.15, 0.2) is 78.0 Å². The topological polar surface area (TPSA) is 41.5 Å². The van der Waals surface area contributed by atoms with E-state index in [4.69, 9.17) is 0 Å². The van der Waals surface area contributed by atoms with Gasteiger partial charge in [0.05, 0.1) is 6.21 Å². The van der Waals surface area contributed by atoms with Gasteiger partial charge in [-0.05, 0) is 25.5 Å². The lowest BCUT2D eigenvalue weighted by Gasteiger charge is -1.99. The van der Waals surface area contributed by atoms with Gasteiger partial charge in [0.1, 0.15) is 0 Å². The maximum atomic E-state index is 11.7. The normalized spacial score (nSPS) is 12.2. The van der Waals surface area contributed by atoms with E-state index in [2.05, 4.69) is 30.3 Å². The van der Waals surface area contributed by atoms with Crippen LogP contribution in [0.2, 0.25) is 0 Å². The largest absolute Gasteiger partial charge is 0.271 e. The lowest BCUT2D eigenvalue weighted by atomic mass is 10.2. The van der Waals surface area contributed by atoms with Crippen LogP contribution >= 0.6 is 0 Å². The summed E-state index contributed by atoms with van der Waals surface area (Å²) in [6.45, 7) is 14.8. The van der Waals surface area contributed by atoms with Crippen molar-refractivity contribution in [3.63, 3.8) is 0 Å². The molecule has 0 aromatic carbocycles. The molecule has 0 heterocycles. The summed E-state index contributed by atoms with van der Waals surface area (Å²) in [6.07, 6.45) is 11.7. The molecule has 3 heteroatoms. The van der Waals surface area contributed by atoms with Crippen molar-refractivity contribution in [3.8, 4) is 0 Å². The highest BCUT2D eigenvalue weighted by Crippen LogP contribution is 1.98. The molecule has 0 aromatic rings. The highest BCUT2D eigenvalue weighted by molar-refractivity contribution is 5.97. The van der Waals surface area contributed by atoms with Gasteiger partial charge in [0.2, 0.25) is 0 Å². The van der Waals surface area contributed by atoms with Crippen LogP contribution in [0.1, 0.15) is 13.8 Å². The van der Waals surface area contributed by atoms with Gasteiger partial charge in [-0.1, -0.05) is 55.7 Å². The maximum absolute atomic E-state index is 11.7. The molecular weight excluding hydrogens is 236 g/mol. The van der Waals surface area contributed by atoms with Gasteiger partial charge in [-0.15, -0.1) is 0 Å². The van der Waals surface area contributed by atoms with Crippen LogP contribution in [0.3, 0.4) is 0 Å². The fourth-order valence-corrected chi connectivity index (χ4v) is 1.04. The molecule has 0 saturated carbocycles. The Morgan fingerprint density at radius 1 is 1.21 bits per heavy atom. The van der Waals surface area contributed by atoms with E-state index in [1.807, 2.05) is 19.9 Å². The maximum Gasteiger partial charge on any atom is 0.271 e. The first kappa shape index (κ1) is 16.6. The number of nitrogens with zero attached hydrogens (tertiary/aromatic N) is 1. The monoisotopic (exact) mass is 256 g/mol. The average molecular weight is 256 g/mol. The Balaban J connectivity index is 4.51. The molecule has 100 valence electrons. The Labute approximate surface area is 115 Å². The third-order valence-electron chi connectivity index (χ3n) is 1.88. The van der Waals surface area contributed by atoms with Crippen molar-refractivity contribution in [2.75, 3.05) is 0 Å². The van der Waals surface area contributed by atoms with Crippen LogP contribution in [0.25, 0.3) is 0 Å². The van der Waals surface area contributed by atoms with Crippen LogP contribution in [-0.2, 0) is 4.79 Å². The Kier molecular flexibility index (Phi) is 8.37. The summed E-state index contributed by atoms with van der Waals surface area (Å²) in [5.74, 6) is -0.300. The van der Waals surface area contributed by atoms with Gasteiger partial charge in [0, 0.05) is 5.57 Å². The molecule has 0 saturated heterocycles. The molecule has 0 aliphatic carbocycles. The number of carbonyl (C=O) groups is 1. The molecule has 1 amide bonds. The standard InChI is InChI=1S/C16H20N2O/c1-6-8-15(9-7-2)16(19)18-17-12-14(5)11-10-13(3)4/h6-12H,1,3,5H2,2,4H3,(H,18,19)/b9-7-,11-10-,15-8+,17-12+. The zero-order chi connectivity index (χ0) is 14.7. The van der Waals surface area contributed by atoms with Gasteiger partial charge in [0.15, 0.2) is 0 Å². The lowest BCUT2D eigenvalue weighted by Crippen LogP contribution is -2.18. The fraction of sp³-hybridized carbons (Fsp3) is 0.125. The van der Waals surface area contributed by atoms with Crippen molar-refractivity contribution < 1.29 is 4.79 Å². The Hall–Kier alpha value is -2.42. The number of carbonyl (C=O) groups excluding carboxylic acids is 1. The molecule has 0 aliphatic rings. The zero-order valence-electron chi connectivity index (χ0n) is 11.5. The molecular formula is C16H20N2O. The van der Waals surface area contributed by atoms with Crippen molar-refractivity contribution in [1.82, 2.24) is 5.43 Å². The van der Waals surface area contributed by atoms with E-state index in [0.29, 0.717) is 11.1 Å². The highest BCUT2D eigenvalue weighted by Gasteiger charge is 2.02.